The van der Waals surface area contributed by atoms with E-state index in [0.29, 0.717) is 22.3 Å². The van der Waals surface area contributed by atoms with E-state index in [2.05, 4.69) is 88.4 Å². The lowest BCUT2D eigenvalue weighted by atomic mass is 9.95. The smallest absolute Gasteiger partial charge is 0.208 e. The second-order valence-corrected chi connectivity index (χ2v) is 15.8. The fourth-order valence-electron chi connectivity index (χ4n) is 9.25. The SMILES string of the molecule is Oc1c(O)c(O)c(-c2nc(-c3ccc4c(ccc5ccccc54)c3)nc(-c3cccc4c3oc3c(-n5c6c(c7ccccc75)C(c5ccccc5)=CCC=C6)cccc34)n2)c(O)c1O. The summed E-state index contributed by atoms with van der Waals surface area (Å²) in [5.74, 6) is -5.02. The van der Waals surface area contributed by atoms with Crippen molar-refractivity contribution in [1.29, 1.82) is 0 Å². The number of phenolic OH excluding ortho intramolecular Hbond substituents is 5. The summed E-state index contributed by atoms with van der Waals surface area (Å²) in [6.45, 7) is 0. The van der Waals surface area contributed by atoms with Gasteiger partial charge in [0.1, 0.15) is 11.1 Å². The zero-order valence-electron chi connectivity index (χ0n) is 33.7. The average molecular weight is 835 g/mol. The van der Waals surface area contributed by atoms with Gasteiger partial charge in [-0.2, -0.15) is 0 Å². The summed E-state index contributed by atoms with van der Waals surface area (Å²) >= 11 is 0. The molecule has 0 atom stereocenters. The van der Waals surface area contributed by atoms with E-state index in [0.717, 1.165) is 77.7 Å². The molecule has 10 heteroatoms. The minimum absolute atomic E-state index is 0.122. The first-order valence-corrected chi connectivity index (χ1v) is 20.7. The van der Waals surface area contributed by atoms with Gasteiger partial charge < -0.3 is 34.5 Å². The normalized spacial score (nSPS) is 12.7. The van der Waals surface area contributed by atoms with Gasteiger partial charge in [0.05, 0.1) is 22.5 Å². The molecule has 12 rings (SSSR count). The monoisotopic (exact) mass is 834 g/mol. The highest BCUT2D eigenvalue weighted by Crippen LogP contribution is 2.54. The molecule has 3 aromatic heterocycles. The highest BCUT2D eigenvalue weighted by Gasteiger charge is 2.29. The lowest BCUT2D eigenvalue weighted by Gasteiger charge is -2.13. The Morgan fingerprint density at radius 3 is 1.94 bits per heavy atom. The van der Waals surface area contributed by atoms with Crippen molar-refractivity contribution in [2.45, 2.75) is 6.42 Å². The average Bonchev–Trinajstić information content (AvgIpc) is 3.80. The Hall–Kier alpha value is -8.89. The Kier molecular flexibility index (Phi) is 8.12. The molecule has 306 valence electrons. The number of furan rings is 1. The zero-order chi connectivity index (χ0) is 43.2. The van der Waals surface area contributed by atoms with Gasteiger partial charge in [-0.3, -0.25) is 0 Å². The molecule has 0 amide bonds. The van der Waals surface area contributed by atoms with Crippen LogP contribution in [0.2, 0.25) is 0 Å². The molecule has 0 spiro atoms. The van der Waals surface area contributed by atoms with Crippen LogP contribution >= 0.6 is 0 Å². The number of hydrogen-bond donors (Lipinski definition) is 5. The summed E-state index contributed by atoms with van der Waals surface area (Å²) in [7, 11) is 0. The minimum Gasteiger partial charge on any atom is -0.504 e. The standard InChI is InChI=1S/C54H34N4O6/c59-45-44(46(60)48(62)49(63)47(45)61)54-56-52(32-26-27-34-31(28-32)25-24-30-14-4-5-15-33(30)34)55-53(57-54)39-20-10-18-36-37-19-11-23-42(51(37)64-50(36)39)58-40-21-8-7-17-38(40)43-35(16-6-9-22-41(43)58)29-12-2-1-3-13-29/h1-5,7-28,59-63H,6H2. The summed E-state index contributed by atoms with van der Waals surface area (Å²) < 4.78 is 9.25. The van der Waals surface area contributed by atoms with Gasteiger partial charge in [0.15, 0.2) is 34.6 Å². The van der Waals surface area contributed by atoms with Crippen molar-refractivity contribution in [3.8, 4) is 68.6 Å². The third kappa shape index (κ3) is 5.49. The van der Waals surface area contributed by atoms with Gasteiger partial charge in [-0.1, -0.05) is 133 Å². The molecule has 8 aromatic carbocycles. The summed E-state index contributed by atoms with van der Waals surface area (Å²) in [6, 6.07) is 48.6. The molecule has 0 saturated carbocycles. The van der Waals surface area contributed by atoms with Crippen molar-refractivity contribution in [1.82, 2.24) is 19.5 Å². The van der Waals surface area contributed by atoms with Gasteiger partial charge >= 0.3 is 0 Å². The van der Waals surface area contributed by atoms with Crippen LogP contribution in [0.15, 0.2) is 162 Å². The first-order valence-electron chi connectivity index (χ1n) is 20.7. The summed E-state index contributed by atoms with van der Waals surface area (Å²) in [5, 5.41) is 60.7. The molecule has 0 bridgehead atoms. The molecule has 0 aliphatic heterocycles. The van der Waals surface area contributed by atoms with E-state index in [1.165, 1.54) is 0 Å². The summed E-state index contributed by atoms with van der Waals surface area (Å²) in [4.78, 5) is 14.4. The fraction of sp³-hybridized carbons (Fsp3) is 0.0185. The maximum absolute atomic E-state index is 11.1. The quantitative estimate of drug-likeness (QED) is 0.0646. The molecular formula is C54H34N4O6. The number of aromatic hydroxyl groups is 5. The number of aromatic nitrogens is 4. The van der Waals surface area contributed by atoms with E-state index in [1.54, 1.807) is 0 Å². The number of phenols is 5. The second-order valence-electron chi connectivity index (χ2n) is 15.8. The number of nitrogens with zero attached hydrogens (tertiary/aromatic N) is 4. The van der Waals surface area contributed by atoms with Crippen LogP contribution in [0.1, 0.15) is 23.2 Å². The third-order valence-electron chi connectivity index (χ3n) is 12.2. The second kappa shape index (κ2) is 14.1. The number of hydrogen-bond acceptors (Lipinski definition) is 9. The largest absolute Gasteiger partial charge is 0.504 e. The van der Waals surface area contributed by atoms with Gasteiger partial charge in [0.25, 0.3) is 0 Å². The highest BCUT2D eigenvalue weighted by molar-refractivity contribution is 6.13. The van der Waals surface area contributed by atoms with Crippen molar-refractivity contribution < 1.29 is 29.9 Å². The molecule has 64 heavy (non-hydrogen) atoms. The van der Waals surface area contributed by atoms with Gasteiger partial charge in [0.2, 0.25) is 17.2 Å². The topological polar surface area (TPSA) is 158 Å². The number of allylic oxidation sites excluding steroid dienone is 2. The van der Waals surface area contributed by atoms with E-state index in [9.17, 15) is 25.5 Å². The van der Waals surface area contributed by atoms with Crippen LogP contribution in [0.25, 0.3) is 106 Å². The van der Waals surface area contributed by atoms with E-state index in [4.69, 9.17) is 14.4 Å². The van der Waals surface area contributed by atoms with E-state index in [-0.39, 0.29) is 17.5 Å². The first kappa shape index (κ1) is 36.9. The van der Waals surface area contributed by atoms with Crippen LogP contribution in [0.4, 0.5) is 0 Å². The molecule has 10 nitrogen and oxygen atoms in total. The van der Waals surface area contributed by atoms with Gasteiger partial charge in [0, 0.05) is 27.3 Å². The Morgan fingerprint density at radius 2 is 1.11 bits per heavy atom. The maximum atomic E-state index is 11.1. The Labute approximate surface area is 363 Å². The number of para-hydroxylation sites is 3. The van der Waals surface area contributed by atoms with Crippen molar-refractivity contribution in [2.75, 3.05) is 0 Å². The molecule has 0 unspecified atom stereocenters. The van der Waals surface area contributed by atoms with E-state index in [1.807, 2.05) is 84.9 Å². The van der Waals surface area contributed by atoms with Crippen LogP contribution < -0.4 is 0 Å². The zero-order valence-corrected chi connectivity index (χ0v) is 33.7. The van der Waals surface area contributed by atoms with Crippen LogP contribution in [-0.4, -0.2) is 45.1 Å². The van der Waals surface area contributed by atoms with E-state index < -0.39 is 34.3 Å². The van der Waals surface area contributed by atoms with Crippen LogP contribution in [-0.2, 0) is 0 Å². The fourth-order valence-corrected chi connectivity index (χ4v) is 9.25. The minimum atomic E-state index is -1.09. The first-order chi connectivity index (χ1) is 31.3. The van der Waals surface area contributed by atoms with Crippen molar-refractivity contribution >= 4 is 66.0 Å². The van der Waals surface area contributed by atoms with Gasteiger partial charge in [-0.05, 0) is 69.4 Å². The van der Waals surface area contributed by atoms with Gasteiger partial charge in [-0.15, -0.1) is 0 Å². The Bertz CT molecular complexity index is 3800. The maximum Gasteiger partial charge on any atom is 0.208 e. The molecule has 0 fully saturated rings. The molecular weight excluding hydrogens is 801 g/mol. The molecule has 0 radical (unpaired) electrons. The Balaban J connectivity index is 1.09. The molecule has 1 aliphatic rings. The molecule has 0 saturated heterocycles. The van der Waals surface area contributed by atoms with Crippen molar-refractivity contribution in [3.05, 3.63) is 175 Å². The number of rotatable bonds is 5. The van der Waals surface area contributed by atoms with Gasteiger partial charge in [-0.25, -0.2) is 15.0 Å². The van der Waals surface area contributed by atoms with Crippen LogP contribution in [0, 0.1) is 0 Å². The molecule has 5 N–H and O–H groups in total. The lowest BCUT2D eigenvalue weighted by molar-refractivity contribution is 0.329. The highest BCUT2D eigenvalue weighted by atomic mass is 16.4. The lowest BCUT2D eigenvalue weighted by Crippen LogP contribution is -2.01. The van der Waals surface area contributed by atoms with Crippen LogP contribution in [0.5, 0.6) is 28.7 Å². The Morgan fingerprint density at radius 1 is 0.469 bits per heavy atom. The van der Waals surface area contributed by atoms with E-state index >= 15 is 0 Å². The third-order valence-corrected chi connectivity index (χ3v) is 12.2. The number of benzene rings is 8. The van der Waals surface area contributed by atoms with Crippen molar-refractivity contribution in [3.63, 3.8) is 0 Å². The predicted octanol–water partition coefficient (Wildman–Crippen LogP) is 12.4. The summed E-state index contributed by atoms with van der Waals surface area (Å²) in [6.07, 6.45) is 7.41. The predicted molar refractivity (Wildman–Crippen MR) is 251 cm³/mol. The van der Waals surface area contributed by atoms with Crippen molar-refractivity contribution in [2.24, 2.45) is 0 Å². The summed E-state index contributed by atoms with van der Waals surface area (Å²) in [5.41, 5.74) is 7.99. The molecule has 3 heterocycles. The number of fused-ring (bicyclic) bond motifs is 9. The molecule has 1 aliphatic carbocycles. The molecule has 11 aromatic rings. The van der Waals surface area contributed by atoms with Crippen LogP contribution in [0.3, 0.4) is 0 Å².